The van der Waals surface area contributed by atoms with Gasteiger partial charge >= 0.3 is 0 Å². The van der Waals surface area contributed by atoms with Gasteiger partial charge in [-0.2, -0.15) is 5.26 Å². The second kappa shape index (κ2) is 9.59. The molecule has 0 saturated carbocycles. The van der Waals surface area contributed by atoms with Gasteiger partial charge in [-0.25, -0.2) is 0 Å². The summed E-state index contributed by atoms with van der Waals surface area (Å²) in [4.78, 5) is 26.0. The normalized spacial score (nSPS) is 11.6. The Balaban J connectivity index is 2.25. The summed E-state index contributed by atoms with van der Waals surface area (Å²) in [5.41, 5.74) is 1.80. The summed E-state index contributed by atoms with van der Waals surface area (Å²) in [6.07, 6.45) is 2.19. The molecule has 1 N–H and O–H groups in total. The minimum Gasteiger partial charge on any atom is -0.340 e. The maximum absolute atomic E-state index is 12.7. The molecule has 0 spiro atoms. The van der Waals surface area contributed by atoms with Gasteiger partial charge in [0.25, 0.3) is 11.8 Å². The summed E-state index contributed by atoms with van der Waals surface area (Å²) >= 11 is 12.6. The number of nitriles is 1. The highest BCUT2D eigenvalue weighted by Crippen LogP contribution is 2.33. The number of hydrogen-bond acceptors (Lipinski definition) is 3. The van der Waals surface area contributed by atoms with Crippen LogP contribution in [0.2, 0.25) is 10.0 Å². The lowest BCUT2D eigenvalue weighted by Gasteiger charge is -2.22. The SMILES string of the molecule is CC(C)C[C@H](NC(=O)c1ccc(-c2ccccc2Cl)c(Cl)c1)C(=O)N(C)C#N. The van der Waals surface area contributed by atoms with E-state index in [0.29, 0.717) is 27.6 Å². The molecular weight excluding hydrogens is 397 g/mol. The van der Waals surface area contributed by atoms with Crippen molar-refractivity contribution in [3.63, 3.8) is 0 Å². The predicted molar refractivity (Wildman–Crippen MR) is 111 cm³/mol. The van der Waals surface area contributed by atoms with E-state index in [2.05, 4.69) is 5.32 Å². The van der Waals surface area contributed by atoms with Crippen LogP contribution in [0.4, 0.5) is 0 Å². The zero-order valence-electron chi connectivity index (χ0n) is 15.9. The molecule has 146 valence electrons. The van der Waals surface area contributed by atoms with Gasteiger partial charge < -0.3 is 5.32 Å². The van der Waals surface area contributed by atoms with E-state index >= 15 is 0 Å². The Morgan fingerprint density at radius 3 is 2.32 bits per heavy atom. The number of nitrogens with one attached hydrogen (secondary N) is 1. The molecule has 0 heterocycles. The van der Waals surface area contributed by atoms with Crippen molar-refractivity contribution in [1.82, 2.24) is 10.2 Å². The molecule has 7 heteroatoms. The molecule has 2 aromatic rings. The van der Waals surface area contributed by atoms with Gasteiger partial charge in [-0.3, -0.25) is 14.5 Å². The second-order valence-electron chi connectivity index (χ2n) is 6.83. The molecule has 0 fully saturated rings. The first kappa shape index (κ1) is 21.7. The Morgan fingerprint density at radius 1 is 1.11 bits per heavy atom. The highest BCUT2D eigenvalue weighted by molar-refractivity contribution is 6.36. The molecule has 0 aliphatic carbocycles. The number of likely N-dealkylation sites (N-methyl/N-ethyl adjacent to an activating group) is 1. The van der Waals surface area contributed by atoms with Crippen LogP contribution in [0.5, 0.6) is 0 Å². The monoisotopic (exact) mass is 417 g/mol. The van der Waals surface area contributed by atoms with Crippen molar-refractivity contribution < 1.29 is 9.59 Å². The van der Waals surface area contributed by atoms with Crippen LogP contribution in [0.1, 0.15) is 30.6 Å². The Hall–Kier alpha value is -2.55. The lowest BCUT2D eigenvalue weighted by atomic mass is 10.0. The Bertz CT molecular complexity index is 922. The largest absolute Gasteiger partial charge is 0.340 e. The van der Waals surface area contributed by atoms with E-state index in [1.165, 1.54) is 7.05 Å². The fourth-order valence-corrected chi connectivity index (χ4v) is 3.29. The lowest BCUT2D eigenvalue weighted by Crippen LogP contribution is -2.46. The first-order valence-corrected chi connectivity index (χ1v) is 9.52. The second-order valence-corrected chi connectivity index (χ2v) is 7.64. The Labute approximate surface area is 174 Å². The van der Waals surface area contributed by atoms with Gasteiger partial charge in [0.15, 0.2) is 6.19 Å². The van der Waals surface area contributed by atoms with Crippen molar-refractivity contribution in [3.8, 4) is 17.3 Å². The van der Waals surface area contributed by atoms with Crippen molar-refractivity contribution in [2.45, 2.75) is 26.3 Å². The highest BCUT2D eigenvalue weighted by Gasteiger charge is 2.25. The van der Waals surface area contributed by atoms with Crippen LogP contribution in [0.3, 0.4) is 0 Å². The molecular formula is C21H21Cl2N3O2. The molecule has 2 aromatic carbocycles. The minimum atomic E-state index is -0.792. The number of nitrogens with zero attached hydrogens (tertiary/aromatic N) is 2. The van der Waals surface area contributed by atoms with Crippen molar-refractivity contribution in [2.24, 2.45) is 5.92 Å². The molecule has 28 heavy (non-hydrogen) atoms. The van der Waals surface area contributed by atoms with Gasteiger partial charge in [0.1, 0.15) is 6.04 Å². The van der Waals surface area contributed by atoms with Crippen LogP contribution < -0.4 is 5.32 Å². The first-order chi connectivity index (χ1) is 13.2. The fraction of sp³-hybridized carbons (Fsp3) is 0.286. The number of benzene rings is 2. The van der Waals surface area contributed by atoms with Crippen LogP contribution in [0.25, 0.3) is 11.1 Å². The molecule has 0 aromatic heterocycles. The number of hydrogen-bond donors (Lipinski definition) is 1. The van der Waals surface area contributed by atoms with Crippen LogP contribution in [-0.4, -0.2) is 29.8 Å². The third-order valence-corrected chi connectivity index (χ3v) is 4.83. The predicted octanol–water partition coefficient (Wildman–Crippen LogP) is 4.74. The Kier molecular flexibility index (Phi) is 7.45. The molecule has 0 aliphatic rings. The number of carbonyl (C=O) groups excluding carboxylic acids is 2. The summed E-state index contributed by atoms with van der Waals surface area (Å²) in [6, 6.07) is 11.4. The lowest BCUT2D eigenvalue weighted by molar-refractivity contribution is -0.129. The van der Waals surface area contributed by atoms with Gasteiger partial charge in [-0.1, -0.05) is 61.3 Å². The fourth-order valence-electron chi connectivity index (χ4n) is 2.77. The molecule has 0 bridgehead atoms. The molecule has 0 saturated heterocycles. The maximum atomic E-state index is 12.7. The summed E-state index contributed by atoms with van der Waals surface area (Å²) in [6.45, 7) is 3.88. The zero-order valence-corrected chi connectivity index (χ0v) is 17.4. The van der Waals surface area contributed by atoms with Crippen molar-refractivity contribution in [2.75, 3.05) is 7.05 Å². The number of halogens is 2. The van der Waals surface area contributed by atoms with Crippen LogP contribution in [0, 0.1) is 17.4 Å². The van der Waals surface area contributed by atoms with Gasteiger partial charge in [0.05, 0.1) is 0 Å². The summed E-state index contributed by atoms with van der Waals surface area (Å²) in [5, 5.41) is 12.6. The third kappa shape index (κ3) is 5.25. The van der Waals surface area contributed by atoms with E-state index in [-0.39, 0.29) is 5.92 Å². The molecule has 0 aliphatic heterocycles. The van der Waals surface area contributed by atoms with Crippen LogP contribution >= 0.6 is 23.2 Å². The first-order valence-electron chi connectivity index (χ1n) is 8.77. The number of rotatable bonds is 6. The summed E-state index contributed by atoms with van der Waals surface area (Å²) in [7, 11) is 1.37. The van der Waals surface area contributed by atoms with Crippen molar-refractivity contribution in [3.05, 3.63) is 58.1 Å². The summed E-state index contributed by atoms with van der Waals surface area (Å²) in [5.74, 6) is -0.728. The van der Waals surface area contributed by atoms with E-state index in [4.69, 9.17) is 28.5 Å². The van der Waals surface area contributed by atoms with E-state index < -0.39 is 17.9 Å². The molecule has 1 atom stereocenters. The van der Waals surface area contributed by atoms with E-state index in [9.17, 15) is 9.59 Å². The van der Waals surface area contributed by atoms with Crippen molar-refractivity contribution in [1.29, 1.82) is 5.26 Å². The van der Waals surface area contributed by atoms with Gasteiger partial charge in [-0.05, 0) is 30.5 Å². The van der Waals surface area contributed by atoms with Crippen LogP contribution in [0.15, 0.2) is 42.5 Å². The quantitative estimate of drug-likeness (QED) is 0.544. The van der Waals surface area contributed by atoms with E-state index in [1.807, 2.05) is 32.0 Å². The third-order valence-electron chi connectivity index (χ3n) is 4.19. The topological polar surface area (TPSA) is 73.2 Å². The van der Waals surface area contributed by atoms with Gasteiger partial charge in [-0.15, -0.1) is 0 Å². The number of amides is 2. The molecule has 0 unspecified atom stereocenters. The van der Waals surface area contributed by atoms with E-state index in [1.54, 1.807) is 30.5 Å². The molecule has 0 radical (unpaired) electrons. The molecule has 2 rings (SSSR count). The smallest absolute Gasteiger partial charge is 0.257 e. The standard InChI is InChI=1S/C21H21Cl2N3O2/c1-13(2)10-19(21(28)26(3)12-24)25-20(27)14-8-9-16(18(23)11-14)15-6-4-5-7-17(15)22/h4-9,11,13,19H,10H2,1-3H3,(H,25,27)/t19-/m0/s1. The average molecular weight is 418 g/mol. The average Bonchev–Trinajstić information content (AvgIpc) is 2.66. The van der Waals surface area contributed by atoms with Gasteiger partial charge in [0.2, 0.25) is 0 Å². The van der Waals surface area contributed by atoms with Crippen LogP contribution in [-0.2, 0) is 4.79 Å². The van der Waals surface area contributed by atoms with Gasteiger partial charge in [0, 0.05) is 33.8 Å². The summed E-state index contributed by atoms with van der Waals surface area (Å²) < 4.78 is 0. The highest BCUT2D eigenvalue weighted by atomic mass is 35.5. The maximum Gasteiger partial charge on any atom is 0.257 e. The zero-order chi connectivity index (χ0) is 20.8. The number of carbonyl (C=O) groups is 2. The Morgan fingerprint density at radius 2 is 1.75 bits per heavy atom. The molecule has 2 amide bonds. The molecule has 5 nitrogen and oxygen atoms in total. The van der Waals surface area contributed by atoms with E-state index in [0.717, 1.165) is 10.5 Å². The minimum absolute atomic E-state index is 0.160. The van der Waals surface area contributed by atoms with Crippen molar-refractivity contribution >= 4 is 35.0 Å².